The minimum absolute atomic E-state index is 0.0223. The van der Waals surface area contributed by atoms with Crippen LogP contribution >= 0.6 is 0 Å². The van der Waals surface area contributed by atoms with Gasteiger partial charge >= 0.3 is 0 Å². The van der Waals surface area contributed by atoms with Crippen molar-refractivity contribution in [3.8, 4) is 5.69 Å². The molecule has 0 unspecified atom stereocenters. The summed E-state index contributed by atoms with van der Waals surface area (Å²) in [7, 11) is 1.80. The zero-order valence-electron chi connectivity index (χ0n) is 17.6. The van der Waals surface area contributed by atoms with E-state index in [1.807, 2.05) is 56.0 Å². The summed E-state index contributed by atoms with van der Waals surface area (Å²) in [6, 6.07) is 14.3. The maximum Gasteiger partial charge on any atom is 0.297 e. The number of anilines is 1. The van der Waals surface area contributed by atoms with Crippen LogP contribution in [0, 0.1) is 17.0 Å². The number of nitro benzene ring substituents is 1. The topological polar surface area (TPSA) is 85.7 Å². The van der Waals surface area contributed by atoms with Crippen LogP contribution in [0.4, 0.5) is 17.1 Å². The van der Waals surface area contributed by atoms with Gasteiger partial charge in [-0.3, -0.25) is 19.6 Å². The van der Waals surface area contributed by atoms with Crippen molar-refractivity contribution in [3.05, 3.63) is 80.3 Å². The highest BCUT2D eigenvalue weighted by Gasteiger charge is 2.19. The third-order valence-corrected chi connectivity index (χ3v) is 5.17. The SMILES string of the molecule is CCN(CC)c1ccc(C=Nc2c(C)n(C)n(-c3ccccc3)c2=O)cc1[N+](=O)[O-]. The summed E-state index contributed by atoms with van der Waals surface area (Å²) in [5, 5.41) is 11.6. The van der Waals surface area contributed by atoms with Crippen molar-refractivity contribution in [3.63, 3.8) is 0 Å². The van der Waals surface area contributed by atoms with Gasteiger partial charge in [-0.2, -0.15) is 0 Å². The van der Waals surface area contributed by atoms with Gasteiger partial charge in [-0.25, -0.2) is 9.67 Å². The number of hydrogen-bond donors (Lipinski definition) is 0. The molecule has 0 aliphatic carbocycles. The van der Waals surface area contributed by atoms with Crippen molar-refractivity contribution in [1.82, 2.24) is 9.36 Å². The number of nitro groups is 1. The lowest BCUT2D eigenvalue weighted by molar-refractivity contribution is -0.384. The van der Waals surface area contributed by atoms with Crippen LogP contribution < -0.4 is 10.5 Å². The smallest absolute Gasteiger partial charge is 0.297 e. The maximum atomic E-state index is 12.9. The van der Waals surface area contributed by atoms with Crippen molar-refractivity contribution < 1.29 is 4.92 Å². The molecule has 1 aromatic heterocycles. The van der Waals surface area contributed by atoms with E-state index in [1.54, 1.807) is 28.5 Å². The normalized spacial score (nSPS) is 11.2. The van der Waals surface area contributed by atoms with Crippen molar-refractivity contribution in [2.45, 2.75) is 20.8 Å². The number of benzene rings is 2. The van der Waals surface area contributed by atoms with Crippen molar-refractivity contribution >= 4 is 23.3 Å². The summed E-state index contributed by atoms with van der Waals surface area (Å²) in [6.07, 6.45) is 1.50. The first-order chi connectivity index (χ1) is 14.4. The first-order valence-electron chi connectivity index (χ1n) is 9.80. The van der Waals surface area contributed by atoms with Crippen LogP contribution in [-0.2, 0) is 7.05 Å². The minimum Gasteiger partial charge on any atom is -0.367 e. The van der Waals surface area contributed by atoms with Crippen molar-refractivity contribution in [2.75, 3.05) is 18.0 Å². The van der Waals surface area contributed by atoms with E-state index in [1.165, 1.54) is 12.3 Å². The summed E-state index contributed by atoms with van der Waals surface area (Å²) in [4.78, 5) is 30.4. The van der Waals surface area contributed by atoms with Crippen LogP contribution in [0.15, 0.2) is 58.3 Å². The van der Waals surface area contributed by atoms with E-state index in [-0.39, 0.29) is 16.2 Å². The number of rotatable bonds is 7. The maximum absolute atomic E-state index is 12.9. The molecule has 0 N–H and O–H groups in total. The zero-order chi connectivity index (χ0) is 21.8. The molecule has 0 radical (unpaired) electrons. The average Bonchev–Trinajstić information content (AvgIpc) is 2.96. The second-order valence-electron chi connectivity index (χ2n) is 6.85. The highest BCUT2D eigenvalue weighted by Crippen LogP contribution is 2.29. The van der Waals surface area contributed by atoms with Gasteiger partial charge in [0.25, 0.3) is 11.2 Å². The molecule has 0 aliphatic heterocycles. The number of aliphatic imine (C=N–C) groups is 1. The average molecular weight is 407 g/mol. The molecule has 8 nitrogen and oxygen atoms in total. The van der Waals surface area contributed by atoms with Gasteiger partial charge in [-0.15, -0.1) is 0 Å². The number of hydrogen-bond acceptors (Lipinski definition) is 5. The van der Waals surface area contributed by atoms with E-state index in [9.17, 15) is 14.9 Å². The number of aromatic nitrogens is 2. The Morgan fingerprint density at radius 3 is 2.40 bits per heavy atom. The Kier molecular flexibility index (Phi) is 6.15. The lowest BCUT2D eigenvalue weighted by Crippen LogP contribution is -2.22. The van der Waals surface area contributed by atoms with Gasteiger partial charge in [0.15, 0.2) is 5.69 Å². The molecule has 156 valence electrons. The fraction of sp³-hybridized carbons (Fsp3) is 0.273. The Bertz CT molecular complexity index is 1140. The van der Waals surface area contributed by atoms with Gasteiger partial charge in [0.2, 0.25) is 0 Å². The molecule has 0 aliphatic rings. The van der Waals surface area contributed by atoms with Gasteiger partial charge in [0, 0.05) is 32.4 Å². The molecule has 30 heavy (non-hydrogen) atoms. The largest absolute Gasteiger partial charge is 0.367 e. The fourth-order valence-corrected chi connectivity index (χ4v) is 3.44. The molecule has 8 heteroatoms. The Morgan fingerprint density at radius 1 is 1.13 bits per heavy atom. The van der Waals surface area contributed by atoms with Crippen molar-refractivity contribution in [2.24, 2.45) is 12.0 Å². The van der Waals surface area contributed by atoms with Gasteiger partial charge in [-0.1, -0.05) is 24.3 Å². The molecule has 2 aromatic carbocycles. The van der Waals surface area contributed by atoms with Crippen LogP contribution in [-0.4, -0.2) is 33.6 Å². The van der Waals surface area contributed by atoms with E-state index < -0.39 is 0 Å². The third-order valence-electron chi connectivity index (χ3n) is 5.17. The standard InChI is InChI=1S/C22H25N5O3/c1-5-25(6-2)19-13-12-17(14-20(19)27(29)30)15-23-21-16(3)24(4)26(22(21)28)18-10-8-7-9-11-18/h7-15H,5-6H2,1-4H3. The lowest BCUT2D eigenvalue weighted by Gasteiger charge is -2.20. The van der Waals surface area contributed by atoms with Crippen LogP contribution in [0.25, 0.3) is 5.69 Å². The molecule has 0 atom stereocenters. The minimum atomic E-state index is -0.388. The number of para-hydroxylation sites is 1. The van der Waals surface area contributed by atoms with Crippen LogP contribution in [0.5, 0.6) is 0 Å². The quantitative estimate of drug-likeness (QED) is 0.337. The van der Waals surface area contributed by atoms with E-state index in [2.05, 4.69) is 4.99 Å². The number of nitrogens with zero attached hydrogens (tertiary/aromatic N) is 5. The van der Waals surface area contributed by atoms with Crippen LogP contribution in [0.1, 0.15) is 25.1 Å². The molecular formula is C22H25N5O3. The Hall–Kier alpha value is -3.68. The zero-order valence-corrected chi connectivity index (χ0v) is 17.6. The highest BCUT2D eigenvalue weighted by molar-refractivity contribution is 5.85. The van der Waals surface area contributed by atoms with E-state index in [4.69, 9.17) is 0 Å². The molecule has 3 rings (SSSR count). The first kappa shape index (κ1) is 21.0. The molecule has 0 spiro atoms. The second-order valence-corrected chi connectivity index (χ2v) is 6.85. The lowest BCUT2D eigenvalue weighted by atomic mass is 10.1. The monoisotopic (exact) mass is 407 g/mol. The molecular weight excluding hydrogens is 382 g/mol. The second kappa shape index (κ2) is 8.77. The summed E-state index contributed by atoms with van der Waals surface area (Å²) in [5.74, 6) is 0. The van der Waals surface area contributed by atoms with E-state index in [0.717, 1.165) is 5.69 Å². The van der Waals surface area contributed by atoms with Crippen LogP contribution in [0.2, 0.25) is 0 Å². The molecule has 0 saturated heterocycles. The molecule has 1 heterocycles. The first-order valence-corrected chi connectivity index (χ1v) is 9.80. The molecule has 0 bridgehead atoms. The molecule has 0 amide bonds. The Morgan fingerprint density at radius 2 is 1.80 bits per heavy atom. The summed E-state index contributed by atoms with van der Waals surface area (Å²) < 4.78 is 3.30. The highest BCUT2D eigenvalue weighted by atomic mass is 16.6. The van der Waals surface area contributed by atoms with Gasteiger partial charge in [-0.05, 0) is 44.5 Å². The fourth-order valence-electron chi connectivity index (χ4n) is 3.44. The molecule has 0 saturated carbocycles. The molecule has 3 aromatic rings. The summed E-state index contributed by atoms with van der Waals surface area (Å²) in [5.41, 5.74) is 2.66. The Balaban J connectivity index is 2.02. The molecule has 0 fully saturated rings. The van der Waals surface area contributed by atoms with Crippen LogP contribution in [0.3, 0.4) is 0 Å². The predicted octanol–water partition coefficient (Wildman–Crippen LogP) is 3.99. The van der Waals surface area contributed by atoms with Gasteiger partial charge in [0.1, 0.15) is 5.69 Å². The Labute approximate surface area is 174 Å². The van der Waals surface area contributed by atoms with Crippen molar-refractivity contribution in [1.29, 1.82) is 0 Å². The van der Waals surface area contributed by atoms with E-state index >= 15 is 0 Å². The van der Waals surface area contributed by atoms with Gasteiger partial charge in [0.05, 0.1) is 16.3 Å². The summed E-state index contributed by atoms with van der Waals surface area (Å²) in [6.45, 7) is 7.08. The summed E-state index contributed by atoms with van der Waals surface area (Å²) >= 11 is 0. The predicted molar refractivity (Wildman–Crippen MR) is 120 cm³/mol. The van der Waals surface area contributed by atoms with E-state index in [0.29, 0.717) is 35.7 Å². The third kappa shape index (κ3) is 3.89. The van der Waals surface area contributed by atoms with Gasteiger partial charge < -0.3 is 4.90 Å².